The van der Waals surface area contributed by atoms with Gasteiger partial charge >= 0.3 is 8.56 Å². The standard InChI is InChI=1S/C13H24O6Si/c1-10(2)20(18-11(3)14,19-12(4)15)7-5-6-16-8-13-9-17-13/h10,13H,5-9H2,1-4H3. The molecule has 116 valence electrons. The molecule has 1 atom stereocenters. The van der Waals surface area contributed by atoms with Crippen molar-refractivity contribution < 1.29 is 27.9 Å². The summed E-state index contributed by atoms with van der Waals surface area (Å²) in [5.74, 6) is -0.808. The largest absolute Gasteiger partial charge is 0.485 e. The third-order valence-corrected chi connectivity index (χ3v) is 7.11. The molecule has 1 aliphatic rings. The van der Waals surface area contributed by atoms with Gasteiger partial charge in [-0.25, -0.2) is 0 Å². The van der Waals surface area contributed by atoms with Crippen LogP contribution >= 0.6 is 0 Å². The second-order valence-corrected chi connectivity index (χ2v) is 8.97. The fraction of sp³-hybridized carbons (Fsp3) is 0.846. The smallest absolute Gasteiger partial charge is 0.466 e. The van der Waals surface area contributed by atoms with E-state index in [0.717, 1.165) is 6.61 Å². The summed E-state index contributed by atoms with van der Waals surface area (Å²) in [7, 11) is -2.87. The molecule has 0 spiro atoms. The molecule has 0 saturated carbocycles. The van der Waals surface area contributed by atoms with Crippen molar-refractivity contribution in [3.63, 3.8) is 0 Å². The van der Waals surface area contributed by atoms with E-state index in [0.29, 0.717) is 25.7 Å². The zero-order valence-electron chi connectivity index (χ0n) is 12.6. The van der Waals surface area contributed by atoms with Crippen molar-refractivity contribution >= 4 is 20.5 Å². The molecular formula is C13H24O6Si. The van der Waals surface area contributed by atoms with Gasteiger partial charge in [-0.2, -0.15) is 0 Å². The van der Waals surface area contributed by atoms with Crippen LogP contribution in [0.5, 0.6) is 0 Å². The first kappa shape index (κ1) is 17.1. The molecule has 0 N–H and O–H groups in total. The zero-order chi connectivity index (χ0) is 15.2. The third kappa shape index (κ3) is 6.02. The normalized spacial score (nSPS) is 17.9. The van der Waals surface area contributed by atoms with E-state index in [1.165, 1.54) is 13.8 Å². The van der Waals surface area contributed by atoms with E-state index in [1.807, 2.05) is 13.8 Å². The Balaban J connectivity index is 2.48. The second-order valence-electron chi connectivity index (χ2n) is 5.29. The van der Waals surface area contributed by atoms with Gasteiger partial charge in [-0.15, -0.1) is 0 Å². The van der Waals surface area contributed by atoms with Crippen LogP contribution in [0, 0.1) is 0 Å². The molecule has 1 fully saturated rings. The summed E-state index contributed by atoms with van der Waals surface area (Å²) >= 11 is 0. The Morgan fingerprint density at radius 1 is 1.25 bits per heavy atom. The van der Waals surface area contributed by atoms with E-state index >= 15 is 0 Å². The van der Waals surface area contributed by atoms with Crippen molar-refractivity contribution in [2.24, 2.45) is 0 Å². The van der Waals surface area contributed by atoms with Crippen molar-refractivity contribution in [3.8, 4) is 0 Å². The quantitative estimate of drug-likeness (QED) is 0.367. The van der Waals surface area contributed by atoms with Gasteiger partial charge in [0.25, 0.3) is 11.9 Å². The van der Waals surface area contributed by atoms with Crippen LogP contribution in [0.25, 0.3) is 0 Å². The van der Waals surface area contributed by atoms with Crippen molar-refractivity contribution in [3.05, 3.63) is 0 Å². The van der Waals surface area contributed by atoms with Crippen LogP contribution in [0.3, 0.4) is 0 Å². The lowest BCUT2D eigenvalue weighted by molar-refractivity contribution is -0.139. The highest BCUT2D eigenvalue weighted by Crippen LogP contribution is 2.29. The molecule has 0 radical (unpaired) electrons. The van der Waals surface area contributed by atoms with Gasteiger partial charge in [0.1, 0.15) is 6.10 Å². The molecular weight excluding hydrogens is 280 g/mol. The average molecular weight is 304 g/mol. The Morgan fingerprint density at radius 3 is 2.20 bits per heavy atom. The lowest BCUT2D eigenvalue weighted by Crippen LogP contribution is -2.47. The minimum atomic E-state index is -2.87. The van der Waals surface area contributed by atoms with Crippen molar-refractivity contribution in [2.45, 2.75) is 51.8 Å². The predicted octanol–water partition coefficient (Wildman–Crippen LogP) is 1.77. The van der Waals surface area contributed by atoms with Crippen molar-refractivity contribution in [1.29, 1.82) is 0 Å². The first-order valence-electron chi connectivity index (χ1n) is 6.94. The molecule has 0 aromatic rings. The maximum atomic E-state index is 11.3. The van der Waals surface area contributed by atoms with Gasteiger partial charge in [0, 0.05) is 32.0 Å². The van der Waals surface area contributed by atoms with Crippen LogP contribution in [-0.4, -0.2) is 46.4 Å². The van der Waals surface area contributed by atoms with Gasteiger partial charge in [-0.3, -0.25) is 9.59 Å². The van der Waals surface area contributed by atoms with Gasteiger partial charge in [-0.1, -0.05) is 13.8 Å². The van der Waals surface area contributed by atoms with Crippen LogP contribution < -0.4 is 0 Å². The highest BCUT2D eigenvalue weighted by Gasteiger charge is 2.47. The third-order valence-electron chi connectivity index (χ3n) is 3.03. The Kier molecular flexibility index (Phi) is 6.64. The number of epoxide rings is 1. The lowest BCUT2D eigenvalue weighted by atomic mass is 10.5. The minimum absolute atomic E-state index is 0.00191. The van der Waals surface area contributed by atoms with Crippen LogP contribution in [0.15, 0.2) is 0 Å². The summed E-state index contributed by atoms with van der Waals surface area (Å²) in [5, 5.41) is 0. The molecule has 1 rings (SSSR count). The monoisotopic (exact) mass is 304 g/mol. The number of hydrogen-bond donors (Lipinski definition) is 0. The first-order valence-corrected chi connectivity index (χ1v) is 9.04. The second kappa shape index (κ2) is 7.75. The van der Waals surface area contributed by atoms with E-state index in [1.54, 1.807) is 0 Å². The molecule has 1 saturated heterocycles. The van der Waals surface area contributed by atoms with Gasteiger partial charge < -0.3 is 18.3 Å². The lowest BCUT2D eigenvalue weighted by Gasteiger charge is -2.32. The van der Waals surface area contributed by atoms with E-state index in [-0.39, 0.29) is 11.6 Å². The Hall–Kier alpha value is -0.923. The summed E-state index contributed by atoms with van der Waals surface area (Å²) in [6.07, 6.45) is 0.932. The number of ether oxygens (including phenoxy) is 2. The molecule has 1 unspecified atom stereocenters. The van der Waals surface area contributed by atoms with Crippen molar-refractivity contribution in [1.82, 2.24) is 0 Å². The minimum Gasteiger partial charge on any atom is -0.485 e. The summed E-state index contributed by atoms with van der Waals surface area (Å²) in [5.41, 5.74) is 0.00191. The number of hydrogen-bond acceptors (Lipinski definition) is 6. The fourth-order valence-electron chi connectivity index (χ4n) is 1.93. The highest BCUT2D eigenvalue weighted by atomic mass is 28.4. The number of rotatable bonds is 9. The van der Waals surface area contributed by atoms with Gasteiger partial charge in [-0.05, 0) is 6.42 Å². The molecule has 0 aromatic carbocycles. The fourth-order valence-corrected chi connectivity index (χ4v) is 4.84. The Labute approximate surface area is 121 Å². The van der Waals surface area contributed by atoms with Gasteiger partial charge in [0.15, 0.2) is 0 Å². The molecule has 1 heterocycles. The van der Waals surface area contributed by atoms with E-state index in [4.69, 9.17) is 18.3 Å². The molecule has 0 amide bonds. The van der Waals surface area contributed by atoms with Crippen LogP contribution in [0.2, 0.25) is 11.6 Å². The van der Waals surface area contributed by atoms with E-state index in [9.17, 15) is 9.59 Å². The number of carbonyl (C=O) groups excluding carboxylic acids is 2. The SMILES string of the molecule is CC(=O)O[Si](CCCOCC1CO1)(OC(C)=O)C(C)C. The summed E-state index contributed by atoms with van der Waals surface area (Å²) in [4.78, 5) is 22.6. The Morgan fingerprint density at radius 2 is 1.80 bits per heavy atom. The topological polar surface area (TPSA) is 74.4 Å². The zero-order valence-corrected chi connectivity index (χ0v) is 13.6. The summed E-state index contributed by atoms with van der Waals surface area (Å²) in [6.45, 7) is 8.42. The maximum absolute atomic E-state index is 11.3. The molecule has 0 bridgehead atoms. The maximum Gasteiger partial charge on any atom is 0.466 e. The van der Waals surface area contributed by atoms with Crippen LogP contribution in [0.1, 0.15) is 34.1 Å². The van der Waals surface area contributed by atoms with Crippen LogP contribution in [0.4, 0.5) is 0 Å². The molecule has 6 nitrogen and oxygen atoms in total. The average Bonchev–Trinajstić information content (AvgIpc) is 3.10. The first-order chi connectivity index (χ1) is 9.35. The molecule has 20 heavy (non-hydrogen) atoms. The molecule has 1 aliphatic heterocycles. The van der Waals surface area contributed by atoms with E-state index < -0.39 is 20.5 Å². The van der Waals surface area contributed by atoms with Gasteiger partial charge in [0.05, 0.1) is 13.2 Å². The van der Waals surface area contributed by atoms with Crippen molar-refractivity contribution in [2.75, 3.05) is 19.8 Å². The van der Waals surface area contributed by atoms with Gasteiger partial charge in [0.2, 0.25) is 0 Å². The summed E-state index contributed by atoms with van der Waals surface area (Å²) < 4.78 is 21.4. The highest BCUT2D eigenvalue weighted by molar-refractivity contribution is 6.71. The predicted molar refractivity (Wildman–Crippen MR) is 74.4 cm³/mol. The number of carbonyl (C=O) groups is 2. The molecule has 7 heteroatoms. The molecule has 0 aliphatic carbocycles. The van der Waals surface area contributed by atoms with E-state index in [2.05, 4.69) is 0 Å². The molecule has 0 aromatic heterocycles. The van der Waals surface area contributed by atoms with Crippen LogP contribution in [-0.2, 0) is 27.9 Å². The Bertz CT molecular complexity index is 324. The summed E-state index contributed by atoms with van der Waals surface area (Å²) in [6, 6.07) is 0.551.